The molecule has 1 aromatic heterocycles. The van der Waals surface area contributed by atoms with Gasteiger partial charge in [0.2, 0.25) is 5.91 Å². The third kappa shape index (κ3) is 3.13. The van der Waals surface area contributed by atoms with Gasteiger partial charge in [0.05, 0.1) is 7.11 Å². The molecule has 19 heavy (non-hydrogen) atoms. The fraction of sp³-hybridized carbons (Fsp3) is 0.615. The van der Waals surface area contributed by atoms with Gasteiger partial charge < -0.3 is 14.6 Å². The maximum absolute atomic E-state index is 12.2. The molecule has 0 aromatic carbocycles. The quantitative estimate of drug-likeness (QED) is 0.665. The van der Waals surface area contributed by atoms with Crippen LogP contribution in [-0.4, -0.2) is 24.1 Å². The molecule has 0 saturated heterocycles. The molecule has 0 aliphatic heterocycles. The smallest absolute Gasteiger partial charge is 0.318 e. The third-order valence-corrected chi connectivity index (χ3v) is 3.49. The Kier molecular flexibility index (Phi) is 4.19. The van der Waals surface area contributed by atoms with E-state index in [1.807, 2.05) is 0 Å². The number of nitrogens with zero attached hydrogens (tertiary/aromatic N) is 1. The van der Waals surface area contributed by atoms with E-state index in [9.17, 15) is 9.59 Å². The van der Waals surface area contributed by atoms with E-state index >= 15 is 0 Å². The van der Waals surface area contributed by atoms with Gasteiger partial charge in [-0.3, -0.25) is 9.59 Å². The molecule has 1 aliphatic carbocycles. The highest BCUT2D eigenvalue weighted by molar-refractivity contribution is 6.04. The first-order valence-corrected chi connectivity index (χ1v) is 6.44. The van der Waals surface area contributed by atoms with E-state index < -0.39 is 11.9 Å². The molecule has 1 heterocycles. The van der Waals surface area contributed by atoms with Crippen LogP contribution >= 0.6 is 0 Å². The van der Waals surface area contributed by atoms with Crippen LogP contribution in [0.4, 0.5) is 5.82 Å². The third-order valence-electron chi connectivity index (χ3n) is 3.49. The second-order valence-corrected chi connectivity index (χ2v) is 4.86. The largest absolute Gasteiger partial charge is 0.468 e. The van der Waals surface area contributed by atoms with Crippen LogP contribution in [0.5, 0.6) is 0 Å². The Morgan fingerprint density at radius 3 is 2.68 bits per heavy atom. The summed E-state index contributed by atoms with van der Waals surface area (Å²) >= 11 is 0. The number of rotatable bonds is 4. The predicted octanol–water partition coefficient (Wildman–Crippen LogP) is 1.90. The van der Waals surface area contributed by atoms with Gasteiger partial charge in [-0.2, -0.15) is 0 Å². The Morgan fingerprint density at radius 1 is 1.47 bits per heavy atom. The number of carbonyl (C=O) groups is 2. The number of hydrogen-bond acceptors (Lipinski definition) is 5. The first-order chi connectivity index (χ1) is 9.11. The van der Waals surface area contributed by atoms with E-state index in [0.717, 1.165) is 25.7 Å². The average molecular weight is 266 g/mol. The molecule has 1 saturated carbocycles. The number of amides is 1. The highest BCUT2D eigenvalue weighted by atomic mass is 16.5. The van der Waals surface area contributed by atoms with Crippen molar-refractivity contribution in [1.29, 1.82) is 0 Å². The molecule has 0 radical (unpaired) electrons. The fourth-order valence-corrected chi connectivity index (χ4v) is 2.56. The molecule has 0 bridgehead atoms. The van der Waals surface area contributed by atoms with Crippen LogP contribution in [0.1, 0.15) is 31.4 Å². The zero-order chi connectivity index (χ0) is 13.8. The SMILES string of the molecule is COC(=O)C(C(=O)Nc1cc(C)on1)C1CCCC1. The topological polar surface area (TPSA) is 81.4 Å². The van der Waals surface area contributed by atoms with E-state index in [1.165, 1.54) is 7.11 Å². The lowest BCUT2D eigenvalue weighted by Gasteiger charge is -2.19. The van der Waals surface area contributed by atoms with Crippen molar-refractivity contribution in [2.75, 3.05) is 12.4 Å². The van der Waals surface area contributed by atoms with Crippen molar-refractivity contribution in [3.8, 4) is 0 Å². The van der Waals surface area contributed by atoms with E-state index in [0.29, 0.717) is 11.6 Å². The van der Waals surface area contributed by atoms with E-state index in [-0.39, 0.29) is 11.8 Å². The lowest BCUT2D eigenvalue weighted by atomic mass is 9.90. The minimum Gasteiger partial charge on any atom is -0.468 e. The number of aromatic nitrogens is 1. The molecule has 1 amide bonds. The lowest BCUT2D eigenvalue weighted by Crippen LogP contribution is -2.35. The van der Waals surface area contributed by atoms with Gasteiger partial charge in [0, 0.05) is 6.07 Å². The van der Waals surface area contributed by atoms with Crippen molar-refractivity contribution in [3.63, 3.8) is 0 Å². The Bertz CT molecular complexity index is 463. The molecule has 1 N–H and O–H groups in total. The van der Waals surface area contributed by atoms with Crippen LogP contribution in [0.3, 0.4) is 0 Å². The van der Waals surface area contributed by atoms with Crippen molar-refractivity contribution in [2.45, 2.75) is 32.6 Å². The number of aryl methyl sites for hydroxylation is 1. The van der Waals surface area contributed by atoms with Gasteiger partial charge in [0.25, 0.3) is 0 Å². The average Bonchev–Trinajstić information content (AvgIpc) is 3.01. The van der Waals surface area contributed by atoms with Crippen LogP contribution in [0.2, 0.25) is 0 Å². The molecule has 6 heteroatoms. The summed E-state index contributed by atoms with van der Waals surface area (Å²) in [5.74, 6) is -0.623. The second kappa shape index (κ2) is 5.86. The molecule has 2 rings (SSSR count). The van der Waals surface area contributed by atoms with Gasteiger partial charge in [0.15, 0.2) is 5.82 Å². The maximum Gasteiger partial charge on any atom is 0.318 e. The standard InChI is InChI=1S/C13H18N2O4/c1-8-7-10(15-19-8)14-12(16)11(13(17)18-2)9-5-3-4-6-9/h7,9,11H,3-6H2,1-2H3,(H,14,15,16). The number of nitrogens with one attached hydrogen (secondary N) is 1. The van der Waals surface area contributed by atoms with Crippen LogP contribution in [-0.2, 0) is 14.3 Å². The first kappa shape index (κ1) is 13.6. The van der Waals surface area contributed by atoms with Crippen molar-refractivity contribution in [1.82, 2.24) is 5.16 Å². The fourth-order valence-electron chi connectivity index (χ4n) is 2.56. The van der Waals surface area contributed by atoms with Gasteiger partial charge in [0.1, 0.15) is 11.7 Å². The summed E-state index contributed by atoms with van der Waals surface area (Å²) in [4.78, 5) is 24.0. The number of carbonyl (C=O) groups excluding carboxylic acids is 2. The molecule has 1 aliphatic rings. The van der Waals surface area contributed by atoms with E-state index in [1.54, 1.807) is 13.0 Å². The van der Waals surface area contributed by atoms with Gasteiger partial charge in [-0.1, -0.05) is 18.0 Å². The summed E-state index contributed by atoms with van der Waals surface area (Å²) in [5, 5.41) is 6.30. The van der Waals surface area contributed by atoms with Crippen LogP contribution in [0, 0.1) is 18.8 Å². The number of methoxy groups -OCH3 is 1. The van der Waals surface area contributed by atoms with Gasteiger partial charge in [-0.15, -0.1) is 0 Å². The summed E-state index contributed by atoms with van der Waals surface area (Å²) in [6.45, 7) is 1.73. The number of ether oxygens (including phenoxy) is 1. The monoisotopic (exact) mass is 266 g/mol. The highest BCUT2D eigenvalue weighted by Crippen LogP contribution is 2.32. The van der Waals surface area contributed by atoms with Crippen LogP contribution in [0.15, 0.2) is 10.6 Å². The van der Waals surface area contributed by atoms with Gasteiger partial charge in [-0.25, -0.2) is 0 Å². The first-order valence-electron chi connectivity index (χ1n) is 6.44. The normalized spacial score (nSPS) is 17.2. The predicted molar refractivity (Wildman–Crippen MR) is 67.3 cm³/mol. The molecule has 1 unspecified atom stereocenters. The number of esters is 1. The van der Waals surface area contributed by atoms with E-state index in [2.05, 4.69) is 10.5 Å². The Morgan fingerprint density at radius 2 is 2.16 bits per heavy atom. The zero-order valence-electron chi connectivity index (χ0n) is 11.1. The molecule has 0 spiro atoms. The summed E-state index contributed by atoms with van der Waals surface area (Å²) in [7, 11) is 1.30. The van der Waals surface area contributed by atoms with Crippen LogP contribution < -0.4 is 5.32 Å². The van der Waals surface area contributed by atoms with E-state index in [4.69, 9.17) is 9.26 Å². The minimum absolute atomic E-state index is 0.0560. The van der Waals surface area contributed by atoms with Crippen LogP contribution in [0.25, 0.3) is 0 Å². The molecule has 6 nitrogen and oxygen atoms in total. The van der Waals surface area contributed by atoms with Gasteiger partial charge in [-0.05, 0) is 25.7 Å². The molecule has 104 valence electrons. The Hall–Kier alpha value is -1.85. The molecule has 1 fully saturated rings. The summed E-state index contributed by atoms with van der Waals surface area (Å²) in [6.07, 6.45) is 3.86. The summed E-state index contributed by atoms with van der Waals surface area (Å²) < 4.78 is 9.62. The molecular formula is C13H18N2O4. The summed E-state index contributed by atoms with van der Waals surface area (Å²) in [5.41, 5.74) is 0. The molecule has 1 atom stereocenters. The van der Waals surface area contributed by atoms with Crippen molar-refractivity contribution >= 4 is 17.7 Å². The summed E-state index contributed by atoms with van der Waals surface area (Å²) in [6, 6.07) is 1.61. The molecular weight excluding hydrogens is 248 g/mol. The Balaban J connectivity index is 2.08. The van der Waals surface area contributed by atoms with Gasteiger partial charge >= 0.3 is 5.97 Å². The highest BCUT2D eigenvalue weighted by Gasteiger charge is 2.37. The second-order valence-electron chi connectivity index (χ2n) is 4.86. The lowest BCUT2D eigenvalue weighted by molar-refractivity contribution is -0.150. The van der Waals surface area contributed by atoms with Crippen molar-refractivity contribution in [3.05, 3.63) is 11.8 Å². The number of hydrogen-bond donors (Lipinski definition) is 1. The van der Waals surface area contributed by atoms with Crippen molar-refractivity contribution < 1.29 is 18.8 Å². The van der Waals surface area contributed by atoms with Crippen molar-refractivity contribution in [2.24, 2.45) is 11.8 Å². The number of anilines is 1. The minimum atomic E-state index is -0.760. The molecule has 1 aromatic rings. The Labute approximate surface area is 111 Å². The zero-order valence-corrected chi connectivity index (χ0v) is 11.1. The maximum atomic E-state index is 12.2.